The minimum Gasteiger partial charge on any atom is -0.485 e. The lowest BCUT2D eigenvalue weighted by molar-refractivity contribution is -0.115. The third-order valence-corrected chi connectivity index (χ3v) is 6.04. The van der Waals surface area contributed by atoms with E-state index in [1.807, 2.05) is 32.0 Å². The van der Waals surface area contributed by atoms with Gasteiger partial charge < -0.3 is 15.9 Å². The smallest absolute Gasteiger partial charge is 0.237 e. The summed E-state index contributed by atoms with van der Waals surface area (Å²) in [6, 6.07) is 10.9. The standard InChI is InChI=1S/C20H21Cl2N5O2S/c1-11-6-4-7-12(2)18(11)29-10-16-25-26-20(27(16)23)30-13(3)19(28)24-17-14(21)8-5-9-15(17)22/h4-9,13H,10,23H2,1-3H3,(H,24,28). The molecule has 0 fully saturated rings. The number of benzene rings is 2. The first-order valence-corrected chi connectivity index (χ1v) is 10.7. The number of nitrogens with one attached hydrogen (secondary N) is 1. The first-order valence-electron chi connectivity index (χ1n) is 9.07. The largest absolute Gasteiger partial charge is 0.485 e. The molecule has 0 aliphatic heterocycles. The maximum absolute atomic E-state index is 12.6. The number of ether oxygens (including phenoxy) is 1. The number of nitrogen functional groups attached to an aromatic ring is 1. The van der Waals surface area contributed by atoms with Crippen LogP contribution in [-0.2, 0) is 11.4 Å². The van der Waals surface area contributed by atoms with Crippen molar-refractivity contribution in [1.82, 2.24) is 14.9 Å². The number of carbonyl (C=O) groups excluding carboxylic acids is 1. The summed E-state index contributed by atoms with van der Waals surface area (Å²) in [5, 5.41) is 11.5. The lowest BCUT2D eigenvalue weighted by Crippen LogP contribution is -2.24. The molecule has 1 amide bonds. The summed E-state index contributed by atoms with van der Waals surface area (Å²) in [6.45, 7) is 5.84. The van der Waals surface area contributed by atoms with Gasteiger partial charge in [0.05, 0.1) is 21.0 Å². The first-order chi connectivity index (χ1) is 14.3. The zero-order valence-electron chi connectivity index (χ0n) is 16.6. The highest BCUT2D eigenvalue weighted by Crippen LogP contribution is 2.31. The van der Waals surface area contributed by atoms with Crippen LogP contribution in [0.5, 0.6) is 5.75 Å². The van der Waals surface area contributed by atoms with Gasteiger partial charge in [-0.05, 0) is 44.0 Å². The van der Waals surface area contributed by atoms with E-state index >= 15 is 0 Å². The number of para-hydroxylation sites is 2. The summed E-state index contributed by atoms with van der Waals surface area (Å²) in [6.07, 6.45) is 0. The Labute approximate surface area is 188 Å². The highest BCUT2D eigenvalue weighted by atomic mass is 35.5. The second-order valence-electron chi connectivity index (χ2n) is 6.62. The quantitative estimate of drug-likeness (QED) is 0.390. The number of rotatable bonds is 7. The Morgan fingerprint density at radius 3 is 2.40 bits per heavy atom. The molecule has 1 aromatic heterocycles. The van der Waals surface area contributed by atoms with E-state index < -0.39 is 5.25 Å². The van der Waals surface area contributed by atoms with Crippen LogP contribution in [-0.4, -0.2) is 26.0 Å². The number of hydrogen-bond acceptors (Lipinski definition) is 6. The van der Waals surface area contributed by atoms with Crippen molar-refractivity contribution >= 4 is 46.6 Å². The van der Waals surface area contributed by atoms with E-state index in [9.17, 15) is 4.79 Å². The molecule has 1 atom stereocenters. The van der Waals surface area contributed by atoms with Gasteiger partial charge >= 0.3 is 0 Å². The van der Waals surface area contributed by atoms with Crippen molar-refractivity contribution < 1.29 is 9.53 Å². The molecule has 3 N–H and O–H groups in total. The molecule has 158 valence electrons. The van der Waals surface area contributed by atoms with E-state index in [4.69, 9.17) is 33.8 Å². The van der Waals surface area contributed by atoms with Crippen molar-refractivity contribution in [2.24, 2.45) is 0 Å². The lowest BCUT2D eigenvalue weighted by Gasteiger charge is -2.14. The van der Waals surface area contributed by atoms with Gasteiger partial charge in [0.25, 0.3) is 0 Å². The van der Waals surface area contributed by atoms with Crippen molar-refractivity contribution in [2.75, 3.05) is 11.2 Å². The summed E-state index contributed by atoms with van der Waals surface area (Å²) >= 11 is 13.4. The van der Waals surface area contributed by atoms with E-state index in [1.54, 1.807) is 25.1 Å². The fourth-order valence-electron chi connectivity index (χ4n) is 2.70. The number of thioether (sulfide) groups is 1. The Hall–Kier alpha value is -2.42. The van der Waals surface area contributed by atoms with Crippen molar-refractivity contribution in [2.45, 2.75) is 37.8 Å². The third kappa shape index (κ3) is 5.00. The second kappa shape index (κ2) is 9.59. The summed E-state index contributed by atoms with van der Waals surface area (Å²) in [5.74, 6) is 7.06. The predicted octanol–water partition coefficient (Wildman–Crippen LogP) is 4.61. The molecule has 1 unspecified atom stereocenters. The maximum atomic E-state index is 12.6. The molecule has 10 heteroatoms. The monoisotopic (exact) mass is 465 g/mol. The average molecular weight is 466 g/mol. The summed E-state index contributed by atoms with van der Waals surface area (Å²) in [4.78, 5) is 12.6. The molecule has 2 aromatic carbocycles. The fourth-order valence-corrected chi connectivity index (χ4v) is 3.98. The molecule has 3 rings (SSSR count). The molecule has 0 aliphatic rings. The highest BCUT2D eigenvalue weighted by molar-refractivity contribution is 8.00. The van der Waals surface area contributed by atoms with Crippen molar-refractivity contribution in [3.8, 4) is 5.75 Å². The molecule has 0 spiro atoms. The zero-order chi connectivity index (χ0) is 21.8. The van der Waals surface area contributed by atoms with Crippen molar-refractivity contribution in [3.63, 3.8) is 0 Å². The number of anilines is 1. The number of nitrogens with zero attached hydrogens (tertiary/aromatic N) is 3. The number of aromatic nitrogens is 3. The number of aryl methyl sites for hydroxylation is 2. The van der Waals surface area contributed by atoms with Gasteiger partial charge in [-0.3, -0.25) is 4.79 Å². The normalized spacial score (nSPS) is 11.9. The minimum atomic E-state index is -0.517. The van der Waals surface area contributed by atoms with Gasteiger partial charge in [0, 0.05) is 0 Å². The third-order valence-electron chi connectivity index (χ3n) is 4.35. The van der Waals surface area contributed by atoms with E-state index in [0.29, 0.717) is 26.7 Å². The Kier molecular flexibility index (Phi) is 7.12. The molecule has 0 radical (unpaired) electrons. The van der Waals surface area contributed by atoms with E-state index in [2.05, 4.69) is 15.5 Å². The number of carbonyl (C=O) groups is 1. The van der Waals surface area contributed by atoms with Crippen LogP contribution in [0.25, 0.3) is 0 Å². The van der Waals surface area contributed by atoms with Crippen LogP contribution in [0.4, 0.5) is 5.69 Å². The Balaban J connectivity index is 1.65. The van der Waals surface area contributed by atoms with E-state index in [0.717, 1.165) is 16.9 Å². The molecule has 0 saturated heterocycles. The SMILES string of the molecule is Cc1cccc(C)c1OCc1nnc(SC(C)C(=O)Nc2c(Cl)cccc2Cl)n1N. The van der Waals surface area contributed by atoms with E-state index in [-0.39, 0.29) is 12.5 Å². The van der Waals surface area contributed by atoms with Crippen LogP contribution in [0, 0.1) is 13.8 Å². The Morgan fingerprint density at radius 1 is 1.17 bits per heavy atom. The molecule has 1 heterocycles. The molecular formula is C20H21Cl2N5O2S. The molecule has 30 heavy (non-hydrogen) atoms. The molecular weight excluding hydrogens is 445 g/mol. The summed E-state index contributed by atoms with van der Waals surface area (Å²) in [7, 11) is 0. The second-order valence-corrected chi connectivity index (χ2v) is 8.75. The van der Waals surface area contributed by atoms with Gasteiger partial charge in [0.2, 0.25) is 11.1 Å². The van der Waals surface area contributed by atoms with Gasteiger partial charge in [-0.15, -0.1) is 10.2 Å². The summed E-state index contributed by atoms with van der Waals surface area (Å²) < 4.78 is 7.21. The molecule has 0 aliphatic carbocycles. The predicted molar refractivity (Wildman–Crippen MR) is 121 cm³/mol. The van der Waals surface area contributed by atoms with Gasteiger partial charge in [-0.25, -0.2) is 4.68 Å². The van der Waals surface area contributed by atoms with Gasteiger partial charge in [-0.2, -0.15) is 0 Å². The Bertz CT molecular complexity index is 1030. The molecule has 0 bridgehead atoms. The maximum Gasteiger partial charge on any atom is 0.237 e. The molecule has 3 aromatic rings. The number of halogens is 2. The minimum absolute atomic E-state index is 0.158. The van der Waals surface area contributed by atoms with Crippen LogP contribution in [0.2, 0.25) is 10.0 Å². The van der Waals surface area contributed by atoms with Crippen molar-refractivity contribution in [3.05, 3.63) is 63.4 Å². The summed E-state index contributed by atoms with van der Waals surface area (Å²) in [5.41, 5.74) is 2.42. The molecule has 7 nitrogen and oxygen atoms in total. The number of nitrogens with two attached hydrogens (primary N) is 1. The van der Waals surface area contributed by atoms with Crippen LogP contribution >= 0.6 is 35.0 Å². The Morgan fingerprint density at radius 2 is 1.77 bits per heavy atom. The van der Waals surface area contributed by atoms with Gasteiger partial charge in [0.15, 0.2) is 5.82 Å². The van der Waals surface area contributed by atoms with Gasteiger partial charge in [-0.1, -0.05) is 59.2 Å². The number of amides is 1. The zero-order valence-corrected chi connectivity index (χ0v) is 19.0. The number of hydrogen-bond donors (Lipinski definition) is 2. The van der Waals surface area contributed by atoms with E-state index in [1.165, 1.54) is 16.4 Å². The first kappa shape index (κ1) is 22.3. The highest BCUT2D eigenvalue weighted by Gasteiger charge is 2.21. The lowest BCUT2D eigenvalue weighted by atomic mass is 10.1. The van der Waals surface area contributed by atoms with Crippen molar-refractivity contribution in [1.29, 1.82) is 0 Å². The average Bonchev–Trinajstić information content (AvgIpc) is 3.04. The van der Waals surface area contributed by atoms with Crippen LogP contribution < -0.4 is 15.9 Å². The van der Waals surface area contributed by atoms with Crippen LogP contribution in [0.1, 0.15) is 23.9 Å². The van der Waals surface area contributed by atoms with Crippen LogP contribution in [0.15, 0.2) is 41.6 Å². The van der Waals surface area contributed by atoms with Crippen LogP contribution in [0.3, 0.4) is 0 Å². The topological polar surface area (TPSA) is 95.1 Å². The fraction of sp³-hybridized carbons (Fsp3) is 0.250. The molecule has 0 saturated carbocycles. The van der Waals surface area contributed by atoms with Gasteiger partial charge in [0.1, 0.15) is 12.4 Å².